The Morgan fingerprint density at radius 1 is 0.828 bits per heavy atom. The Kier molecular flexibility index (Phi) is 7.11. The third-order valence-corrected chi connectivity index (χ3v) is 4.06. The first kappa shape index (κ1) is 20.3. The average Bonchev–Trinajstić information content (AvgIpc) is 2.75. The molecule has 0 aliphatic heterocycles. The highest BCUT2D eigenvalue weighted by atomic mass is 16.5. The summed E-state index contributed by atoms with van der Waals surface area (Å²) in [6.07, 6.45) is 0.901. The van der Waals surface area contributed by atoms with Crippen LogP contribution in [0.25, 0.3) is 0 Å². The quantitative estimate of drug-likeness (QED) is 0.492. The number of carbonyl (C=O) groups excluding carboxylic acids is 1. The Morgan fingerprint density at radius 2 is 1.55 bits per heavy atom. The molecule has 3 aromatic carbocycles. The first-order valence-corrected chi connectivity index (χ1v) is 9.73. The van der Waals surface area contributed by atoms with Crippen molar-refractivity contribution in [3.8, 4) is 23.0 Å². The van der Waals surface area contributed by atoms with Gasteiger partial charge in [-0.2, -0.15) is 0 Å². The summed E-state index contributed by atoms with van der Waals surface area (Å²) in [6.45, 7) is 5.03. The van der Waals surface area contributed by atoms with Gasteiger partial charge in [0.05, 0.1) is 13.2 Å². The molecule has 0 saturated carbocycles. The van der Waals surface area contributed by atoms with Crippen LogP contribution < -0.4 is 19.5 Å². The van der Waals surface area contributed by atoms with Crippen molar-refractivity contribution in [1.29, 1.82) is 0 Å². The van der Waals surface area contributed by atoms with E-state index in [1.54, 1.807) is 30.3 Å². The molecule has 3 aromatic rings. The minimum Gasteiger partial charge on any atom is -0.490 e. The van der Waals surface area contributed by atoms with E-state index in [4.69, 9.17) is 14.2 Å². The molecule has 29 heavy (non-hydrogen) atoms. The molecule has 0 atom stereocenters. The molecule has 0 unspecified atom stereocenters. The van der Waals surface area contributed by atoms with Gasteiger partial charge >= 0.3 is 0 Å². The lowest BCUT2D eigenvalue weighted by Gasteiger charge is -2.13. The van der Waals surface area contributed by atoms with Crippen LogP contribution in [0.15, 0.2) is 72.8 Å². The zero-order valence-corrected chi connectivity index (χ0v) is 16.7. The third kappa shape index (κ3) is 5.75. The maximum Gasteiger partial charge on any atom is 0.255 e. The first-order chi connectivity index (χ1) is 14.2. The van der Waals surface area contributed by atoms with Gasteiger partial charge in [0.15, 0.2) is 11.5 Å². The van der Waals surface area contributed by atoms with E-state index in [-0.39, 0.29) is 5.91 Å². The molecule has 0 fully saturated rings. The molecule has 1 N–H and O–H groups in total. The molecule has 0 spiro atoms. The van der Waals surface area contributed by atoms with Gasteiger partial charge < -0.3 is 19.5 Å². The highest BCUT2D eigenvalue weighted by Crippen LogP contribution is 2.29. The average molecular weight is 391 g/mol. The van der Waals surface area contributed by atoms with E-state index < -0.39 is 0 Å². The van der Waals surface area contributed by atoms with Crippen molar-refractivity contribution in [2.45, 2.75) is 20.3 Å². The second-order valence-electron chi connectivity index (χ2n) is 6.34. The summed E-state index contributed by atoms with van der Waals surface area (Å²) in [5.74, 6) is 2.46. The van der Waals surface area contributed by atoms with Gasteiger partial charge in [-0.25, -0.2) is 0 Å². The summed E-state index contributed by atoms with van der Waals surface area (Å²) < 4.78 is 17.1. The van der Waals surface area contributed by atoms with Crippen LogP contribution in [-0.4, -0.2) is 19.1 Å². The Morgan fingerprint density at radius 3 is 2.24 bits per heavy atom. The number of carbonyl (C=O) groups is 1. The van der Waals surface area contributed by atoms with E-state index >= 15 is 0 Å². The van der Waals surface area contributed by atoms with Crippen LogP contribution >= 0.6 is 0 Å². The molecular weight excluding hydrogens is 366 g/mol. The second kappa shape index (κ2) is 10.2. The van der Waals surface area contributed by atoms with Gasteiger partial charge in [0.1, 0.15) is 11.5 Å². The number of nitrogens with one attached hydrogen (secondary N) is 1. The molecule has 0 aliphatic rings. The van der Waals surface area contributed by atoms with Crippen molar-refractivity contribution < 1.29 is 19.0 Å². The molecule has 0 heterocycles. The van der Waals surface area contributed by atoms with Crippen LogP contribution in [0, 0.1) is 0 Å². The lowest BCUT2D eigenvalue weighted by Crippen LogP contribution is -2.12. The predicted molar refractivity (Wildman–Crippen MR) is 114 cm³/mol. The molecule has 0 radical (unpaired) electrons. The molecule has 1 amide bonds. The van der Waals surface area contributed by atoms with Gasteiger partial charge in [0.2, 0.25) is 0 Å². The Bertz CT molecular complexity index is 923. The molecule has 5 nitrogen and oxygen atoms in total. The fraction of sp³-hybridized carbons (Fsp3) is 0.208. The number of hydrogen-bond donors (Lipinski definition) is 1. The molecular formula is C24H25NO4. The number of para-hydroxylation sites is 1. The minimum absolute atomic E-state index is 0.218. The topological polar surface area (TPSA) is 56.8 Å². The smallest absolute Gasteiger partial charge is 0.255 e. The predicted octanol–water partition coefficient (Wildman–Crippen LogP) is 5.92. The number of benzene rings is 3. The minimum atomic E-state index is -0.218. The fourth-order valence-electron chi connectivity index (χ4n) is 2.68. The van der Waals surface area contributed by atoms with Crippen molar-refractivity contribution >= 4 is 11.6 Å². The van der Waals surface area contributed by atoms with Gasteiger partial charge in [0.25, 0.3) is 5.91 Å². The van der Waals surface area contributed by atoms with Gasteiger partial charge in [-0.3, -0.25) is 4.79 Å². The zero-order valence-electron chi connectivity index (χ0n) is 16.7. The fourth-order valence-corrected chi connectivity index (χ4v) is 2.68. The monoisotopic (exact) mass is 391 g/mol. The standard InChI is InChI=1S/C24H25NO4/c1-3-16-28-22-15-10-18(17-23(22)27-4-2)24(26)25-19-11-13-21(14-12-19)29-20-8-6-5-7-9-20/h5-15,17H,3-4,16H2,1-2H3,(H,25,26). The maximum atomic E-state index is 12.6. The third-order valence-electron chi connectivity index (χ3n) is 4.06. The number of rotatable bonds is 9. The number of anilines is 1. The summed E-state index contributed by atoms with van der Waals surface area (Å²) in [5.41, 5.74) is 1.18. The summed E-state index contributed by atoms with van der Waals surface area (Å²) in [6, 6.07) is 22.0. The van der Waals surface area contributed by atoms with Crippen LogP contribution in [0.4, 0.5) is 5.69 Å². The van der Waals surface area contributed by atoms with Crippen molar-refractivity contribution in [2.75, 3.05) is 18.5 Å². The molecule has 0 saturated heterocycles. The van der Waals surface area contributed by atoms with E-state index in [1.807, 2.05) is 56.3 Å². The highest BCUT2D eigenvalue weighted by Gasteiger charge is 2.12. The molecule has 150 valence electrons. The molecule has 0 bridgehead atoms. The van der Waals surface area contributed by atoms with Crippen LogP contribution in [0.3, 0.4) is 0 Å². The zero-order chi connectivity index (χ0) is 20.5. The van der Waals surface area contributed by atoms with Crippen molar-refractivity contribution in [3.63, 3.8) is 0 Å². The SMILES string of the molecule is CCCOc1ccc(C(=O)Nc2ccc(Oc3ccccc3)cc2)cc1OCC. The Balaban J connectivity index is 1.67. The van der Waals surface area contributed by atoms with E-state index in [9.17, 15) is 4.79 Å². The van der Waals surface area contributed by atoms with Gasteiger partial charge in [-0.15, -0.1) is 0 Å². The van der Waals surface area contributed by atoms with Crippen molar-refractivity contribution in [1.82, 2.24) is 0 Å². The van der Waals surface area contributed by atoms with Gasteiger partial charge in [-0.1, -0.05) is 25.1 Å². The van der Waals surface area contributed by atoms with E-state index in [0.29, 0.717) is 41.7 Å². The van der Waals surface area contributed by atoms with Gasteiger partial charge in [0, 0.05) is 11.3 Å². The van der Waals surface area contributed by atoms with E-state index in [1.165, 1.54) is 0 Å². The lowest BCUT2D eigenvalue weighted by molar-refractivity contribution is 0.102. The Labute approximate surface area is 171 Å². The number of hydrogen-bond acceptors (Lipinski definition) is 4. The molecule has 5 heteroatoms. The van der Waals surface area contributed by atoms with Crippen LogP contribution in [-0.2, 0) is 0 Å². The number of amides is 1. The lowest BCUT2D eigenvalue weighted by atomic mass is 10.1. The summed E-state index contributed by atoms with van der Waals surface area (Å²) >= 11 is 0. The van der Waals surface area contributed by atoms with Gasteiger partial charge in [-0.05, 0) is 67.9 Å². The van der Waals surface area contributed by atoms with Crippen LogP contribution in [0.5, 0.6) is 23.0 Å². The van der Waals surface area contributed by atoms with Crippen LogP contribution in [0.2, 0.25) is 0 Å². The summed E-state index contributed by atoms with van der Waals surface area (Å²) in [4.78, 5) is 12.6. The van der Waals surface area contributed by atoms with Crippen molar-refractivity contribution in [3.05, 3.63) is 78.4 Å². The molecule has 0 aromatic heterocycles. The number of ether oxygens (including phenoxy) is 3. The molecule has 0 aliphatic carbocycles. The second-order valence-corrected chi connectivity index (χ2v) is 6.34. The molecule has 3 rings (SSSR count). The van der Waals surface area contributed by atoms with E-state index in [0.717, 1.165) is 12.2 Å². The summed E-state index contributed by atoms with van der Waals surface area (Å²) in [5, 5.41) is 2.89. The largest absolute Gasteiger partial charge is 0.490 e. The van der Waals surface area contributed by atoms with E-state index in [2.05, 4.69) is 5.32 Å². The normalized spacial score (nSPS) is 10.3. The first-order valence-electron chi connectivity index (χ1n) is 9.73. The highest BCUT2D eigenvalue weighted by molar-refractivity contribution is 6.04. The van der Waals surface area contributed by atoms with Crippen LogP contribution in [0.1, 0.15) is 30.6 Å². The Hall–Kier alpha value is -3.47. The summed E-state index contributed by atoms with van der Waals surface area (Å²) in [7, 11) is 0. The van der Waals surface area contributed by atoms with Crippen molar-refractivity contribution in [2.24, 2.45) is 0 Å². The maximum absolute atomic E-state index is 12.6.